The van der Waals surface area contributed by atoms with Gasteiger partial charge in [0.25, 0.3) is 5.91 Å². The van der Waals surface area contributed by atoms with Crippen LogP contribution in [-0.2, 0) is 4.79 Å². The summed E-state index contributed by atoms with van der Waals surface area (Å²) in [5, 5.41) is 1.03. The van der Waals surface area contributed by atoms with Gasteiger partial charge in [-0.3, -0.25) is 4.79 Å². The van der Waals surface area contributed by atoms with Crippen LogP contribution in [0, 0.1) is 18.8 Å². The number of benzene rings is 1. The van der Waals surface area contributed by atoms with Gasteiger partial charge in [-0.15, -0.1) is 0 Å². The molecule has 0 radical (unpaired) electrons. The molecule has 0 bridgehead atoms. The number of likely N-dealkylation sites (tertiary alicyclic amines) is 1. The van der Waals surface area contributed by atoms with E-state index in [2.05, 4.69) is 18.8 Å². The molecule has 4 nitrogen and oxygen atoms in total. The second-order valence-corrected chi connectivity index (χ2v) is 6.81. The van der Waals surface area contributed by atoms with Crippen molar-refractivity contribution >= 4 is 16.8 Å². The largest absolute Gasteiger partial charge is 0.481 e. The van der Waals surface area contributed by atoms with Crippen LogP contribution in [0.3, 0.4) is 0 Å². The number of aromatic nitrogens is 1. The van der Waals surface area contributed by atoms with E-state index in [0.717, 1.165) is 29.7 Å². The lowest BCUT2D eigenvalue weighted by molar-refractivity contribution is -0.136. The van der Waals surface area contributed by atoms with Crippen molar-refractivity contribution in [3.8, 4) is 5.75 Å². The first-order valence-corrected chi connectivity index (χ1v) is 8.30. The van der Waals surface area contributed by atoms with Gasteiger partial charge in [0.05, 0.1) is 0 Å². The number of fused-ring (bicyclic) bond motifs is 1. The Kier molecular flexibility index (Phi) is 4.51. The predicted molar refractivity (Wildman–Crippen MR) is 91.5 cm³/mol. The minimum absolute atomic E-state index is 0.0630. The van der Waals surface area contributed by atoms with Crippen molar-refractivity contribution in [1.29, 1.82) is 0 Å². The third-order valence-corrected chi connectivity index (χ3v) is 4.40. The lowest BCUT2D eigenvalue weighted by atomic mass is 9.92. The molecule has 0 spiro atoms. The molecule has 4 heteroatoms. The third-order valence-electron chi connectivity index (χ3n) is 4.40. The summed E-state index contributed by atoms with van der Waals surface area (Å²) in [4.78, 5) is 18.9. The Morgan fingerprint density at radius 1 is 1.22 bits per heavy atom. The highest BCUT2D eigenvalue weighted by Gasteiger charge is 2.25. The summed E-state index contributed by atoms with van der Waals surface area (Å²) in [7, 11) is 0. The van der Waals surface area contributed by atoms with Crippen LogP contribution in [-0.4, -0.2) is 35.5 Å². The van der Waals surface area contributed by atoms with E-state index < -0.39 is 0 Å². The van der Waals surface area contributed by atoms with Gasteiger partial charge in [-0.2, -0.15) is 0 Å². The molecule has 1 aromatic heterocycles. The van der Waals surface area contributed by atoms with Crippen LogP contribution in [0.1, 0.15) is 26.0 Å². The van der Waals surface area contributed by atoms with Gasteiger partial charge in [-0.1, -0.05) is 32.0 Å². The van der Waals surface area contributed by atoms with Gasteiger partial charge >= 0.3 is 0 Å². The van der Waals surface area contributed by atoms with Gasteiger partial charge in [0.15, 0.2) is 6.61 Å². The summed E-state index contributed by atoms with van der Waals surface area (Å²) < 4.78 is 5.81. The Bertz CT molecular complexity index is 704. The molecule has 1 amide bonds. The summed E-state index contributed by atoms with van der Waals surface area (Å²) in [5.74, 6) is 1.86. The Labute approximate surface area is 137 Å². The molecule has 2 heterocycles. The molecular formula is C19H24N2O2. The van der Waals surface area contributed by atoms with Gasteiger partial charge in [0.1, 0.15) is 11.3 Å². The quantitative estimate of drug-likeness (QED) is 0.872. The van der Waals surface area contributed by atoms with Crippen molar-refractivity contribution in [3.05, 3.63) is 36.0 Å². The number of aryl methyl sites for hydroxylation is 1. The number of pyridine rings is 1. The second-order valence-electron chi connectivity index (χ2n) is 6.81. The molecule has 2 atom stereocenters. The van der Waals surface area contributed by atoms with Crippen molar-refractivity contribution < 1.29 is 9.53 Å². The average molecular weight is 312 g/mol. The standard InChI is InChI=1S/C19H24N2O2/c1-13-9-14(2)11-21(10-13)18(22)12-23-17-6-4-5-16-8-7-15(3)20-19(16)17/h4-8,13-14H,9-12H2,1-3H3/t13-,14-/m0/s1. The molecule has 0 aliphatic carbocycles. The third kappa shape index (κ3) is 3.63. The van der Waals surface area contributed by atoms with Gasteiger partial charge in [-0.25, -0.2) is 4.98 Å². The van der Waals surface area contributed by atoms with Crippen LogP contribution >= 0.6 is 0 Å². The van der Waals surface area contributed by atoms with Crippen LogP contribution in [0.4, 0.5) is 0 Å². The van der Waals surface area contributed by atoms with E-state index in [1.54, 1.807) is 0 Å². The first-order valence-electron chi connectivity index (χ1n) is 8.30. The molecule has 1 aliphatic heterocycles. The molecule has 1 aliphatic rings. The first-order chi connectivity index (χ1) is 11.0. The zero-order valence-electron chi connectivity index (χ0n) is 14.1. The molecule has 1 saturated heterocycles. The van der Waals surface area contributed by atoms with Crippen molar-refractivity contribution in [2.24, 2.45) is 11.8 Å². The zero-order valence-corrected chi connectivity index (χ0v) is 14.1. The number of carbonyl (C=O) groups excluding carboxylic acids is 1. The number of rotatable bonds is 3. The van der Waals surface area contributed by atoms with Gasteiger partial charge < -0.3 is 9.64 Å². The van der Waals surface area contributed by atoms with E-state index >= 15 is 0 Å². The van der Waals surface area contributed by atoms with E-state index in [-0.39, 0.29) is 12.5 Å². The van der Waals surface area contributed by atoms with Crippen LogP contribution in [0.25, 0.3) is 10.9 Å². The van der Waals surface area contributed by atoms with Gasteiger partial charge in [0, 0.05) is 24.2 Å². The molecular weight excluding hydrogens is 288 g/mol. The maximum Gasteiger partial charge on any atom is 0.260 e. The molecule has 122 valence electrons. The zero-order chi connectivity index (χ0) is 16.4. The molecule has 1 fully saturated rings. The minimum Gasteiger partial charge on any atom is -0.481 e. The van der Waals surface area contributed by atoms with Crippen molar-refractivity contribution in [1.82, 2.24) is 9.88 Å². The maximum atomic E-state index is 12.4. The van der Waals surface area contributed by atoms with E-state index in [1.807, 2.05) is 42.2 Å². The number of hydrogen-bond donors (Lipinski definition) is 0. The minimum atomic E-state index is 0.0630. The highest BCUT2D eigenvalue weighted by molar-refractivity contribution is 5.85. The Morgan fingerprint density at radius 3 is 2.70 bits per heavy atom. The summed E-state index contributed by atoms with van der Waals surface area (Å²) in [5.41, 5.74) is 1.76. The molecule has 0 unspecified atom stereocenters. The van der Waals surface area contributed by atoms with E-state index in [1.165, 1.54) is 6.42 Å². The molecule has 23 heavy (non-hydrogen) atoms. The monoisotopic (exact) mass is 312 g/mol. The molecule has 3 rings (SSSR count). The second kappa shape index (κ2) is 6.57. The lowest BCUT2D eigenvalue weighted by Gasteiger charge is -2.34. The van der Waals surface area contributed by atoms with Gasteiger partial charge in [0.2, 0.25) is 0 Å². The smallest absolute Gasteiger partial charge is 0.260 e. The number of ether oxygens (including phenoxy) is 1. The summed E-state index contributed by atoms with van der Waals surface area (Å²) >= 11 is 0. The Morgan fingerprint density at radius 2 is 1.96 bits per heavy atom. The number of nitrogens with zero attached hydrogens (tertiary/aromatic N) is 2. The molecule has 0 saturated carbocycles. The number of hydrogen-bond acceptors (Lipinski definition) is 3. The van der Waals surface area contributed by atoms with Crippen molar-refractivity contribution in [2.45, 2.75) is 27.2 Å². The first kappa shape index (κ1) is 15.8. The van der Waals surface area contributed by atoms with Crippen LogP contribution < -0.4 is 4.74 Å². The summed E-state index contributed by atoms with van der Waals surface area (Å²) in [6, 6.07) is 9.83. The fraction of sp³-hybridized carbons (Fsp3) is 0.474. The molecule has 0 N–H and O–H groups in total. The van der Waals surface area contributed by atoms with Crippen LogP contribution in [0.2, 0.25) is 0 Å². The Hall–Kier alpha value is -2.10. The molecule has 1 aromatic carbocycles. The fourth-order valence-electron chi connectivity index (χ4n) is 3.43. The topological polar surface area (TPSA) is 42.4 Å². The number of carbonyl (C=O) groups is 1. The maximum absolute atomic E-state index is 12.4. The summed E-state index contributed by atoms with van der Waals surface area (Å²) in [6.07, 6.45) is 1.19. The van der Waals surface area contributed by atoms with Crippen molar-refractivity contribution in [3.63, 3.8) is 0 Å². The number of amides is 1. The normalized spacial score (nSPS) is 21.4. The predicted octanol–water partition coefficient (Wildman–Crippen LogP) is 3.43. The highest BCUT2D eigenvalue weighted by Crippen LogP contribution is 2.25. The highest BCUT2D eigenvalue weighted by atomic mass is 16.5. The Balaban J connectivity index is 1.71. The van der Waals surface area contributed by atoms with Crippen LogP contribution in [0.5, 0.6) is 5.75 Å². The van der Waals surface area contributed by atoms with Crippen LogP contribution in [0.15, 0.2) is 30.3 Å². The van der Waals surface area contributed by atoms with E-state index in [4.69, 9.17) is 4.74 Å². The average Bonchev–Trinajstić information content (AvgIpc) is 2.51. The van der Waals surface area contributed by atoms with Gasteiger partial charge in [-0.05, 0) is 37.3 Å². The van der Waals surface area contributed by atoms with E-state index in [0.29, 0.717) is 17.6 Å². The summed E-state index contributed by atoms with van der Waals surface area (Å²) in [6.45, 7) is 8.10. The fourth-order valence-corrected chi connectivity index (χ4v) is 3.43. The van der Waals surface area contributed by atoms with Crippen molar-refractivity contribution in [2.75, 3.05) is 19.7 Å². The SMILES string of the molecule is Cc1ccc2cccc(OCC(=O)N3C[C@@H](C)C[C@H](C)C3)c2n1. The number of piperidine rings is 1. The molecule has 2 aromatic rings. The lowest BCUT2D eigenvalue weighted by Crippen LogP contribution is -2.44. The number of para-hydroxylation sites is 1. The van der Waals surface area contributed by atoms with E-state index in [9.17, 15) is 4.79 Å².